The monoisotopic (exact) mass is 477 g/mol. The van der Waals surface area contributed by atoms with Crippen molar-refractivity contribution in [2.45, 2.75) is 46.1 Å². The van der Waals surface area contributed by atoms with Gasteiger partial charge in [-0.05, 0) is 33.1 Å². The summed E-state index contributed by atoms with van der Waals surface area (Å²) in [5.74, 6) is 0.605. The minimum absolute atomic E-state index is 0.112. The Hall–Kier alpha value is -3.46. The summed E-state index contributed by atoms with van der Waals surface area (Å²) in [6.45, 7) is 6.60. The summed E-state index contributed by atoms with van der Waals surface area (Å²) in [6, 6.07) is 7.75. The number of carbonyl (C=O) groups excluding carboxylic acids is 2. The third-order valence-electron chi connectivity index (χ3n) is 6.29. The van der Waals surface area contributed by atoms with Crippen LogP contribution in [0.2, 0.25) is 0 Å². The van der Waals surface area contributed by atoms with Gasteiger partial charge in [-0.3, -0.25) is 14.0 Å². The Morgan fingerprint density at radius 1 is 1.15 bits per heavy atom. The van der Waals surface area contributed by atoms with Crippen molar-refractivity contribution in [3.63, 3.8) is 0 Å². The molecule has 9 heteroatoms. The van der Waals surface area contributed by atoms with E-state index in [1.54, 1.807) is 6.92 Å². The molecule has 4 aromatic rings. The number of rotatable bonds is 5. The largest absolute Gasteiger partial charge is 0.440 e. The predicted molar refractivity (Wildman–Crippen MR) is 130 cm³/mol. The molecule has 176 valence electrons. The van der Waals surface area contributed by atoms with Gasteiger partial charge in [0.15, 0.2) is 22.3 Å². The summed E-state index contributed by atoms with van der Waals surface area (Å²) in [4.78, 5) is 38.2. The molecule has 1 saturated heterocycles. The number of hydrogen-bond donors (Lipinski definition) is 1. The summed E-state index contributed by atoms with van der Waals surface area (Å²) >= 11 is 1.49. The number of amides is 2. The standard InChI is InChI=1S/C25H27N5O3S/c1-15-7-9-18(10-8-15)22-20(28-17(3)33-22)24(32)29-11-5-4-6-19(29)14-26-23(31)21-16(2)27-25-30(21)12-13-34-25/h7-10,12-13,19H,4-6,11,14H2,1-3H3,(H,26,31)/t19-/m0/s1. The minimum atomic E-state index is -0.181. The minimum Gasteiger partial charge on any atom is -0.440 e. The molecule has 0 unspecified atom stereocenters. The number of aryl methyl sites for hydroxylation is 3. The van der Waals surface area contributed by atoms with E-state index in [1.807, 2.05) is 59.0 Å². The Balaban J connectivity index is 1.36. The van der Waals surface area contributed by atoms with Gasteiger partial charge in [-0.1, -0.05) is 29.8 Å². The summed E-state index contributed by atoms with van der Waals surface area (Å²) in [7, 11) is 0. The normalized spacial score (nSPS) is 16.2. The lowest BCUT2D eigenvalue weighted by atomic mass is 10.0. The maximum Gasteiger partial charge on any atom is 0.276 e. The number of piperidine rings is 1. The first kappa shape index (κ1) is 22.3. The van der Waals surface area contributed by atoms with Crippen LogP contribution in [0.4, 0.5) is 0 Å². The van der Waals surface area contributed by atoms with E-state index in [0.717, 1.165) is 35.4 Å². The molecule has 5 rings (SSSR count). The van der Waals surface area contributed by atoms with Gasteiger partial charge in [0.05, 0.1) is 5.69 Å². The second-order valence-corrected chi connectivity index (χ2v) is 9.61. The van der Waals surface area contributed by atoms with E-state index in [1.165, 1.54) is 11.3 Å². The molecule has 0 spiro atoms. The fourth-order valence-corrected chi connectivity index (χ4v) is 5.31. The number of aromatic nitrogens is 3. The lowest BCUT2D eigenvalue weighted by molar-refractivity contribution is 0.0597. The number of likely N-dealkylation sites (tertiary alicyclic amines) is 1. The van der Waals surface area contributed by atoms with Crippen LogP contribution in [-0.4, -0.2) is 50.2 Å². The molecule has 0 radical (unpaired) electrons. The van der Waals surface area contributed by atoms with Gasteiger partial charge in [-0.15, -0.1) is 11.3 Å². The van der Waals surface area contributed by atoms with E-state index >= 15 is 0 Å². The lowest BCUT2D eigenvalue weighted by Crippen LogP contribution is -2.49. The maximum atomic E-state index is 13.6. The molecule has 1 aliphatic rings. The summed E-state index contributed by atoms with van der Waals surface area (Å²) < 4.78 is 7.65. The van der Waals surface area contributed by atoms with Crippen molar-refractivity contribution >= 4 is 28.1 Å². The van der Waals surface area contributed by atoms with Crippen molar-refractivity contribution in [1.29, 1.82) is 0 Å². The smallest absolute Gasteiger partial charge is 0.276 e. The number of carbonyl (C=O) groups is 2. The highest BCUT2D eigenvalue weighted by molar-refractivity contribution is 7.15. The summed E-state index contributed by atoms with van der Waals surface area (Å²) in [6.07, 6.45) is 4.60. The van der Waals surface area contributed by atoms with E-state index < -0.39 is 0 Å². The van der Waals surface area contributed by atoms with Gasteiger partial charge in [0.25, 0.3) is 11.8 Å². The Bertz CT molecular complexity index is 1350. The van der Waals surface area contributed by atoms with E-state index in [9.17, 15) is 9.59 Å². The molecular formula is C25H27N5O3S. The SMILES string of the molecule is Cc1ccc(-c2oc(C)nc2C(=O)N2CCCC[C@H]2CNC(=O)c2c(C)nc3sccn23)cc1. The number of nitrogens with one attached hydrogen (secondary N) is 1. The molecular weight excluding hydrogens is 450 g/mol. The van der Waals surface area contributed by atoms with Crippen LogP contribution in [0.25, 0.3) is 16.3 Å². The zero-order valence-electron chi connectivity index (χ0n) is 19.5. The van der Waals surface area contributed by atoms with E-state index in [-0.39, 0.29) is 17.9 Å². The fraction of sp³-hybridized carbons (Fsp3) is 0.360. The topological polar surface area (TPSA) is 92.7 Å². The lowest BCUT2D eigenvalue weighted by Gasteiger charge is -2.35. The quantitative estimate of drug-likeness (QED) is 0.460. The van der Waals surface area contributed by atoms with Crippen LogP contribution in [0.15, 0.2) is 40.3 Å². The molecule has 0 bridgehead atoms. The van der Waals surface area contributed by atoms with Crippen LogP contribution in [0, 0.1) is 20.8 Å². The van der Waals surface area contributed by atoms with Crippen LogP contribution < -0.4 is 5.32 Å². The molecule has 1 atom stereocenters. The Morgan fingerprint density at radius 3 is 2.74 bits per heavy atom. The van der Waals surface area contributed by atoms with Crippen molar-refractivity contribution in [3.05, 3.63) is 64.4 Å². The summed E-state index contributed by atoms with van der Waals surface area (Å²) in [5, 5.41) is 4.95. The van der Waals surface area contributed by atoms with E-state index in [0.29, 0.717) is 41.8 Å². The number of oxazole rings is 1. The number of fused-ring (bicyclic) bond motifs is 1. The molecule has 2 amide bonds. The maximum absolute atomic E-state index is 13.6. The van der Waals surface area contributed by atoms with Gasteiger partial charge in [0.1, 0.15) is 5.69 Å². The second-order valence-electron chi connectivity index (χ2n) is 8.74. The van der Waals surface area contributed by atoms with Crippen LogP contribution in [-0.2, 0) is 0 Å². The highest BCUT2D eigenvalue weighted by Gasteiger charge is 2.32. The Kier molecular flexibility index (Phi) is 5.95. The van der Waals surface area contributed by atoms with Crippen LogP contribution >= 0.6 is 11.3 Å². The highest BCUT2D eigenvalue weighted by atomic mass is 32.1. The molecule has 8 nitrogen and oxygen atoms in total. The molecule has 0 saturated carbocycles. The average molecular weight is 478 g/mol. The average Bonchev–Trinajstić information content (AvgIpc) is 3.52. The third-order valence-corrected chi connectivity index (χ3v) is 7.04. The number of imidazole rings is 1. The van der Waals surface area contributed by atoms with Crippen LogP contribution in [0.1, 0.15) is 57.4 Å². The summed E-state index contributed by atoms with van der Waals surface area (Å²) in [5.41, 5.74) is 3.52. The molecule has 1 N–H and O–H groups in total. The van der Waals surface area contributed by atoms with Gasteiger partial charge in [-0.2, -0.15) is 0 Å². The number of hydrogen-bond acceptors (Lipinski definition) is 6. The first-order chi connectivity index (χ1) is 16.4. The first-order valence-electron chi connectivity index (χ1n) is 11.5. The fourth-order valence-electron chi connectivity index (χ4n) is 4.55. The molecule has 1 aromatic carbocycles. The predicted octanol–water partition coefficient (Wildman–Crippen LogP) is 4.40. The number of nitrogens with zero attached hydrogens (tertiary/aromatic N) is 4. The highest BCUT2D eigenvalue weighted by Crippen LogP contribution is 2.28. The van der Waals surface area contributed by atoms with Crippen molar-refractivity contribution < 1.29 is 14.0 Å². The zero-order chi connectivity index (χ0) is 23.8. The molecule has 4 heterocycles. The van der Waals surface area contributed by atoms with Crippen molar-refractivity contribution in [2.75, 3.05) is 13.1 Å². The zero-order valence-corrected chi connectivity index (χ0v) is 20.3. The van der Waals surface area contributed by atoms with Gasteiger partial charge in [-0.25, -0.2) is 9.97 Å². The van der Waals surface area contributed by atoms with E-state index in [4.69, 9.17) is 4.42 Å². The van der Waals surface area contributed by atoms with Gasteiger partial charge in [0, 0.05) is 43.2 Å². The number of benzene rings is 1. The Morgan fingerprint density at radius 2 is 1.94 bits per heavy atom. The van der Waals surface area contributed by atoms with Crippen molar-refractivity contribution in [3.8, 4) is 11.3 Å². The first-order valence-corrected chi connectivity index (χ1v) is 12.4. The van der Waals surface area contributed by atoms with Gasteiger partial charge in [0.2, 0.25) is 0 Å². The molecule has 0 aliphatic carbocycles. The molecule has 1 aliphatic heterocycles. The van der Waals surface area contributed by atoms with Crippen molar-refractivity contribution in [2.24, 2.45) is 0 Å². The third kappa shape index (κ3) is 4.11. The van der Waals surface area contributed by atoms with Crippen LogP contribution in [0.5, 0.6) is 0 Å². The van der Waals surface area contributed by atoms with Crippen molar-refractivity contribution in [1.82, 2.24) is 24.6 Å². The number of thiazole rings is 1. The van der Waals surface area contributed by atoms with Gasteiger partial charge < -0.3 is 14.6 Å². The van der Waals surface area contributed by atoms with E-state index in [2.05, 4.69) is 15.3 Å². The van der Waals surface area contributed by atoms with Gasteiger partial charge >= 0.3 is 0 Å². The second kappa shape index (κ2) is 9.06. The molecule has 1 fully saturated rings. The Labute approximate surface area is 201 Å². The molecule has 34 heavy (non-hydrogen) atoms. The van der Waals surface area contributed by atoms with Crippen LogP contribution in [0.3, 0.4) is 0 Å². The molecule has 3 aromatic heterocycles.